The molecule has 1 saturated heterocycles. The first-order valence-electron chi connectivity index (χ1n) is 11.1. The summed E-state index contributed by atoms with van der Waals surface area (Å²) in [5, 5.41) is 3.41. The number of rotatable bonds is 8. The number of amides is 1. The second kappa shape index (κ2) is 10.7. The van der Waals surface area contributed by atoms with Gasteiger partial charge < -0.3 is 24.7 Å². The SMILES string of the molecule is CCOC(=O)c1sc(N2CC[C@H](NC(=O)c3nc(C(F)(F)F)c(CC)[nH]3)[C@H](OCC)C2)nc1C. The van der Waals surface area contributed by atoms with Crippen molar-refractivity contribution < 1.29 is 32.2 Å². The maximum Gasteiger partial charge on any atom is 0.435 e. The number of hydrogen-bond donors (Lipinski definition) is 2. The zero-order valence-electron chi connectivity index (χ0n) is 19.4. The average molecular weight is 504 g/mol. The van der Waals surface area contributed by atoms with Crippen LogP contribution in [0.5, 0.6) is 0 Å². The molecular formula is C21H28F3N5O4S. The van der Waals surface area contributed by atoms with Gasteiger partial charge >= 0.3 is 12.1 Å². The number of H-pyrrole nitrogens is 1. The zero-order chi connectivity index (χ0) is 25.0. The summed E-state index contributed by atoms with van der Waals surface area (Å²) in [5.74, 6) is -1.52. The highest BCUT2D eigenvalue weighted by molar-refractivity contribution is 7.17. The first kappa shape index (κ1) is 25.9. The summed E-state index contributed by atoms with van der Waals surface area (Å²) < 4.78 is 50.5. The minimum absolute atomic E-state index is 0.0656. The van der Waals surface area contributed by atoms with Crippen molar-refractivity contribution in [2.24, 2.45) is 0 Å². The monoisotopic (exact) mass is 503 g/mol. The number of carbonyl (C=O) groups is 2. The van der Waals surface area contributed by atoms with Gasteiger partial charge in [0.15, 0.2) is 16.6 Å². The number of ether oxygens (including phenoxy) is 2. The summed E-state index contributed by atoms with van der Waals surface area (Å²) in [6, 6.07) is -0.432. The number of anilines is 1. The van der Waals surface area contributed by atoms with E-state index in [2.05, 4.69) is 20.3 Å². The highest BCUT2D eigenvalue weighted by Crippen LogP contribution is 2.31. The minimum atomic E-state index is -4.65. The van der Waals surface area contributed by atoms with Crippen molar-refractivity contribution in [3.8, 4) is 0 Å². The second-order valence-electron chi connectivity index (χ2n) is 7.70. The van der Waals surface area contributed by atoms with Crippen LogP contribution in [0.25, 0.3) is 0 Å². The molecule has 2 atom stereocenters. The van der Waals surface area contributed by atoms with Crippen LogP contribution in [-0.4, -0.2) is 65.3 Å². The van der Waals surface area contributed by atoms with Crippen LogP contribution in [0, 0.1) is 6.92 Å². The molecule has 0 radical (unpaired) electrons. The lowest BCUT2D eigenvalue weighted by Gasteiger charge is -2.38. The van der Waals surface area contributed by atoms with E-state index in [1.807, 2.05) is 11.8 Å². The lowest BCUT2D eigenvalue weighted by Crippen LogP contribution is -2.55. The molecule has 2 aromatic heterocycles. The summed E-state index contributed by atoms with van der Waals surface area (Å²) in [6.45, 7) is 8.39. The number of nitrogens with zero attached hydrogens (tertiary/aromatic N) is 3. The lowest BCUT2D eigenvalue weighted by atomic mass is 10.0. The summed E-state index contributed by atoms with van der Waals surface area (Å²) in [7, 11) is 0. The minimum Gasteiger partial charge on any atom is -0.462 e. The third-order valence-electron chi connectivity index (χ3n) is 5.39. The van der Waals surface area contributed by atoms with Gasteiger partial charge in [-0.3, -0.25) is 4.79 Å². The second-order valence-corrected chi connectivity index (χ2v) is 8.68. The highest BCUT2D eigenvalue weighted by Gasteiger charge is 2.38. The molecule has 1 amide bonds. The van der Waals surface area contributed by atoms with Crippen LogP contribution in [0.2, 0.25) is 0 Å². The Labute approximate surface area is 199 Å². The number of thiazole rings is 1. The largest absolute Gasteiger partial charge is 0.462 e. The van der Waals surface area contributed by atoms with Gasteiger partial charge in [0.2, 0.25) is 0 Å². The van der Waals surface area contributed by atoms with Crippen molar-refractivity contribution in [3.63, 3.8) is 0 Å². The van der Waals surface area contributed by atoms with Crippen molar-refractivity contribution >= 4 is 28.3 Å². The van der Waals surface area contributed by atoms with Crippen LogP contribution in [0.3, 0.4) is 0 Å². The van der Waals surface area contributed by atoms with Gasteiger partial charge in [-0.1, -0.05) is 18.3 Å². The standard InChI is InChI=1S/C21H28F3N5O4S/c1-5-12-16(21(22,23)24)28-17(26-12)18(30)27-13-8-9-29(10-14(13)32-6-2)20-25-11(4)15(34-20)19(31)33-7-3/h13-14H,5-10H2,1-4H3,(H,26,28)(H,27,30)/t13-,14+/m0/s1. The molecular weight excluding hydrogens is 475 g/mol. The Hall–Kier alpha value is -2.67. The third-order valence-corrected chi connectivity index (χ3v) is 6.59. The van der Waals surface area contributed by atoms with Gasteiger partial charge in [0.25, 0.3) is 5.91 Å². The van der Waals surface area contributed by atoms with E-state index in [9.17, 15) is 22.8 Å². The van der Waals surface area contributed by atoms with Gasteiger partial charge in [0, 0.05) is 25.4 Å². The van der Waals surface area contributed by atoms with E-state index < -0.39 is 35.9 Å². The fourth-order valence-electron chi connectivity index (χ4n) is 3.79. The van der Waals surface area contributed by atoms with Gasteiger partial charge in [0.1, 0.15) is 4.88 Å². The molecule has 1 fully saturated rings. The summed E-state index contributed by atoms with van der Waals surface area (Å²) in [4.78, 5) is 37.7. The number of hydrogen-bond acceptors (Lipinski definition) is 8. The van der Waals surface area contributed by atoms with E-state index in [0.29, 0.717) is 41.8 Å². The number of aromatic nitrogens is 3. The smallest absolute Gasteiger partial charge is 0.435 e. The molecule has 3 heterocycles. The molecule has 13 heteroatoms. The van der Waals surface area contributed by atoms with Gasteiger partial charge in [-0.2, -0.15) is 13.2 Å². The molecule has 0 saturated carbocycles. The van der Waals surface area contributed by atoms with Crippen molar-refractivity contribution in [3.05, 3.63) is 27.8 Å². The molecule has 9 nitrogen and oxygen atoms in total. The van der Waals surface area contributed by atoms with Crippen LogP contribution in [0.4, 0.5) is 18.3 Å². The van der Waals surface area contributed by atoms with Gasteiger partial charge in [-0.05, 0) is 33.6 Å². The van der Waals surface area contributed by atoms with Gasteiger partial charge in [0.05, 0.1) is 24.4 Å². The van der Waals surface area contributed by atoms with E-state index in [4.69, 9.17) is 9.47 Å². The Bertz CT molecular complexity index is 1020. The summed E-state index contributed by atoms with van der Waals surface area (Å²) in [6.07, 6.45) is -4.54. The molecule has 3 rings (SSSR count). The van der Waals surface area contributed by atoms with E-state index in [1.165, 1.54) is 11.3 Å². The number of esters is 1. The zero-order valence-corrected chi connectivity index (χ0v) is 20.2. The average Bonchev–Trinajstić information content (AvgIpc) is 3.39. The molecule has 0 aromatic carbocycles. The molecule has 2 N–H and O–H groups in total. The van der Waals surface area contributed by atoms with Crippen LogP contribution < -0.4 is 10.2 Å². The molecule has 0 bridgehead atoms. The van der Waals surface area contributed by atoms with Gasteiger partial charge in [-0.25, -0.2) is 14.8 Å². The highest BCUT2D eigenvalue weighted by atomic mass is 32.1. The van der Waals surface area contributed by atoms with E-state index in [0.717, 1.165) is 0 Å². The number of imidazole rings is 1. The fraction of sp³-hybridized carbons (Fsp3) is 0.619. The Balaban J connectivity index is 1.72. The quantitative estimate of drug-likeness (QED) is 0.532. The number of aryl methyl sites for hydroxylation is 2. The lowest BCUT2D eigenvalue weighted by molar-refractivity contribution is -0.141. The molecule has 1 aliphatic rings. The Morgan fingerprint density at radius 2 is 1.97 bits per heavy atom. The van der Waals surface area contributed by atoms with Crippen molar-refractivity contribution in [2.75, 3.05) is 31.2 Å². The number of halogens is 3. The van der Waals surface area contributed by atoms with Crippen LogP contribution in [-0.2, 0) is 22.1 Å². The molecule has 0 spiro atoms. The van der Waals surface area contributed by atoms with Crippen molar-refractivity contribution in [1.29, 1.82) is 0 Å². The van der Waals surface area contributed by atoms with Crippen LogP contribution in [0.15, 0.2) is 0 Å². The molecule has 2 aromatic rings. The van der Waals surface area contributed by atoms with E-state index in [-0.39, 0.29) is 24.5 Å². The third kappa shape index (κ3) is 5.69. The maximum absolute atomic E-state index is 13.2. The van der Waals surface area contributed by atoms with Crippen molar-refractivity contribution in [1.82, 2.24) is 20.3 Å². The fourth-order valence-corrected chi connectivity index (χ4v) is 4.78. The number of carbonyl (C=O) groups excluding carboxylic acids is 2. The molecule has 188 valence electrons. The van der Waals surface area contributed by atoms with Crippen molar-refractivity contribution in [2.45, 2.75) is 58.9 Å². The number of alkyl halides is 3. The Kier molecular flexibility index (Phi) is 8.18. The Morgan fingerprint density at radius 1 is 1.24 bits per heavy atom. The summed E-state index contributed by atoms with van der Waals surface area (Å²) in [5.41, 5.74) is -0.634. The predicted molar refractivity (Wildman–Crippen MR) is 119 cm³/mol. The van der Waals surface area contributed by atoms with E-state index >= 15 is 0 Å². The van der Waals surface area contributed by atoms with E-state index in [1.54, 1.807) is 20.8 Å². The van der Waals surface area contributed by atoms with Gasteiger partial charge in [-0.15, -0.1) is 0 Å². The van der Waals surface area contributed by atoms with Crippen LogP contribution in [0.1, 0.15) is 64.6 Å². The van der Waals surface area contributed by atoms with Crippen LogP contribution >= 0.6 is 11.3 Å². The number of aromatic amines is 1. The normalized spacial score (nSPS) is 18.7. The number of piperidine rings is 1. The predicted octanol–water partition coefficient (Wildman–Crippen LogP) is 3.35. The topological polar surface area (TPSA) is 109 Å². The first-order valence-corrected chi connectivity index (χ1v) is 11.9. The molecule has 34 heavy (non-hydrogen) atoms. The maximum atomic E-state index is 13.2. The molecule has 0 aliphatic carbocycles. The summed E-state index contributed by atoms with van der Waals surface area (Å²) >= 11 is 1.23. The number of nitrogens with one attached hydrogen (secondary N) is 2. The Morgan fingerprint density at radius 3 is 2.56 bits per heavy atom. The molecule has 0 unspecified atom stereocenters. The molecule has 1 aliphatic heterocycles. The first-order chi connectivity index (χ1) is 16.1.